The third-order valence-electron chi connectivity index (χ3n) is 9.66. The summed E-state index contributed by atoms with van der Waals surface area (Å²) >= 11 is 0. The number of pyridine rings is 3. The van der Waals surface area contributed by atoms with E-state index in [-0.39, 0.29) is 0 Å². The van der Waals surface area contributed by atoms with Crippen LogP contribution in [-0.2, 0) is 0 Å². The summed E-state index contributed by atoms with van der Waals surface area (Å²) in [5.41, 5.74) is 4.68. The summed E-state index contributed by atoms with van der Waals surface area (Å²) < 4.78 is 52.6. The van der Waals surface area contributed by atoms with E-state index in [1.54, 1.807) is 12.4 Å². The Morgan fingerprint density at radius 2 is 0.682 bits per heavy atom. The minimum Gasteiger partial charge on any atom is -0.417 e. The van der Waals surface area contributed by atoms with Crippen molar-refractivity contribution in [3.05, 3.63) is 237 Å². The van der Waals surface area contributed by atoms with Crippen molar-refractivity contribution in [3.8, 4) is 68.4 Å². The standard InChI is InChI=1S/C51H40N6O6P3/c1-6-20-42(21-7-1)58-64(59-43-22-8-2-9-23-43)55-65(60-44-24-10-3-11-25-44,61-45-26-12-4-13-27-45)57-66(56-64,62-46-28-14-5-15-29-46)63-47-34-32-40(33-35-47)41-38-50(48-30-16-18-36-52-48)54-51(39-41)49-31-17-19-37-53-49/h1-39,56H/q+1/t66-/m0/s1. The van der Waals surface area contributed by atoms with Gasteiger partial charge in [-0.15, -0.1) is 4.86 Å². The Labute approximate surface area is 383 Å². The molecule has 324 valence electrons. The molecule has 0 unspecified atom stereocenters. The van der Waals surface area contributed by atoms with Crippen molar-refractivity contribution in [2.75, 3.05) is 0 Å². The molecule has 0 bridgehead atoms. The molecular weight excluding hydrogens is 886 g/mol. The van der Waals surface area contributed by atoms with Crippen molar-refractivity contribution in [1.29, 1.82) is 0 Å². The lowest BCUT2D eigenvalue weighted by molar-refractivity contribution is 0.425. The highest BCUT2D eigenvalue weighted by Crippen LogP contribution is 2.80. The van der Waals surface area contributed by atoms with Crippen LogP contribution in [-0.4, -0.2) is 15.0 Å². The third kappa shape index (κ3) is 10.2. The van der Waals surface area contributed by atoms with Gasteiger partial charge in [-0.05, 0) is 120 Å². The van der Waals surface area contributed by atoms with Crippen LogP contribution in [0.15, 0.2) is 246 Å². The zero-order valence-electron chi connectivity index (χ0n) is 35.0. The first-order valence-corrected chi connectivity index (χ1v) is 25.5. The maximum absolute atomic E-state index is 7.14. The van der Waals surface area contributed by atoms with Gasteiger partial charge < -0.3 is 18.1 Å². The number of benzene rings is 6. The summed E-state index contributed by atoms with van der Waals surface area (Å²) in [5, 5.41) is 0. The van der Waals surface area contributed by atoms with Crippen molar-refractivity contribution < 1.29 is 27.1 Å². The zero-order valence-corrected chi connectivity index (χ0v) is 37.7. The highest BCUT2D eigenvalue weighted by atomic mass is 31.3. The van der Waals surface area contributed by atoms with E-state index >= 15 is 0 Å². The van der Waals surface area contributed by atoms with Crippen LogP contribution in [0.2, 0.25) is 0 Å². The predicted molar refractivity (Wildman–Crippen MR) is 261 cm³/mol. The third-order valence-corrected chi connectivity index (χ3v) is 18.1. The number of para-hydroxylation sites is 5. The summed E-state index contributed by atoms with van der Waals surface area (Å²) in [6.07, 6.45) is 3.51. The average Bonchev–Trinajstić information content (AvgIpc) is 3.36. The normalized spacial score (nSPS) is 15.8. The molecule has 1 atom stereocenters. The Morgan fingerprint density at radius 3 is 1.05 bits per heavy atom. The molecule has 1 aliphatic heterocycles. The van der Waals surface area contributed by atoms with Gasteiger partial charge in [-0.3, -0.25) is 19.0 Å². The number of aromatic nitrogens is 3. The van der Waals surface area contributed by atoms with E-state index in [1.807, 2.05) is 224 Å². The number of hydrogen-bond acceptors (Lipinski definition) is 12. The highest BCUT2D eigenvalue weighted by Gasteiger charge is 2.63. The molecular formula is C51H40N6O6P3+. The molecule has 0 saturated carbocycles. The summed E-state index contributed by atoms with van der Waals surface area (Å²) in [6.45, 7) is 0. The fourth-order valence-corrected chi connectivity index (χ4v) is 16.3. The maximum atomic E-state index is 7.14. The Kier molecular flexibility index (Phi) is 12.4. The van der Waals surface area contributed by atoms with Gasteiger partial charge in [0.15, 0.2) is 11.5 Å². The van der Waals surface area contributed by atoms with Gasteiger partial charge in [-0.2, -0.15) is 0 Å². The largest absolute Gasteiger partial charge is 0.634 e. The SMILES string of the molecule is c1ccc(OP2(Oc3ccccc3)=N[P+](Oc3ccccc3)(Oc3ccccc3)N=[P@@](Oc3ccccc3)(Oc3ccc(-c4cc(-c5ccccn5)nc(-c5ccccn5)c4)cc3)N2)cc1. The lowest BCUT2D eigenvalue weighted by atomic mass is 10.0. The molecule has 0 aliphatic carbocycles. The topological polar surface area (TPSA) is 131 Å². The minimum atomic E-state index is -3.98. The average molecular weight is 926 g/mol. The first-order chi connectivity index (χ1) is 32.5. The van der Waals surface area contributed by atoms with Gasteiger partial charge in [0.1, 0.15) is 23.0 Å². The fourth-order valence-electron chi connectivity index (χ4n) is 6.75. The van der Waals surface area contributed by atoms with Gasteiger partial charge in [0.2, 0.25) is 0 Å². The van der Waals surface area contributed by atoms with E-state index in [1.165, 1.54) is 0 Å². The van der Waals surface area contributed by atoms with Crippen LogP contribution in [0.3, 0.4) is 0 Å². The van der Waals surface area contributed by atoms with E-state index in [9.17, 15) is 0 Å². The Balaban J connectivity index is 1.15. The van der Waals surface area contributed by atoms with Crippen molar-refractivity contribution >= 4 is 23.3 Å². The van der Waals surface area contributed by atoms with Crippen molar-refractivity contribution in [2.45, 2.75) is 0 Å². The van der Waals surface area contributed by atoms with E-state index in [0.717, 1.165) is 22.5 Å². The molecule has 3 aromatic heterocycles. The second-order valence-electron chi connectivity index (χ2n) is 14.5. The van der Waals surface area contributed by atoms with Gasteiger partial charge in [0.25, 0.3) is 0 Å². The molecule has 0 saturated heterocycles. The number of rotatable bonds is 15. The van der Waals surface area contributed by atoms with E-state index in [2.05, 4.69) is 14.8 Å². The van der Waals surface area contributed by atoms with Crippen molar-refractivity contribution in [1.82, 2.24) is 19.8 Å². The molecule has 4 heterocycles. The highest BCUT2D eigenvalue weighted by molar-refractivity contribution is 7.84. The fraction of sp³-hybridized carbons (Fsp3) is 0. The first kappa shape index (κ1) is 42.4. The lowest BCUT2D eigenvalue weighted by Gasteiger charge is -2.34. The lowest BCUT2D eigenvalue weighted by Crippen LogP contribution is -2.26. The van der Waals surface area contributed by atoms with Crippen LogP contribution >= 0.6 is 23.3 Å². The second kappa shape index (κ2) is 19.3. The molecule has 0 radical (unpaired) electrons. The second-order valence-corrected chi connectivity index (χ2v) is 20.9. The Hall–Kier alpha value is -7.58. The molecule has 0 amide bonds. The van der Waals surface area contributed by atoms with Crippen LogP contribution in [0.5, 0.6) is 34.5 Å². The van der Waals surface area contributed by atoms with Crippen LogP contribution in [0.1, 0.15) is 0 Å². The van der Waals surface area contributed by atoms with E-state index < -0.39 is 23.3 Å². The summed E-state index contributed by atoms with van der Waals surface area (Å²) in [5.74, 6) is 2.70. The van der Waals surface area contributed by atoms with Crippen LogP contribution in [0.4, 0.5) is 0 Å². The Bertz CT molecular complexity index is 2990. The minimum absolute atomic E-state index is 0.417. The summed E-state index contributed by atoms with van der Waals surface area (Å²) in [4.78, 5) is 17.7. The van der Waals surface area contributed by atoms with Crippen LogP contribution in [0, 0.1) is 0 Å². The van der Waals surface area contributed by atoms with Gasteiger partial charge >= 0.3 is 23.3 Å². The predicted octanol–water partition coefficient (Wildman–Crippen LogP) is 14.8. The molecule has 0 spiro atoms. The van der Waals surface area contributed by atoms with E-state index in [0.29, 0.717) is 45.9 Å². The van der Waals surface area contributed by atoms with Gasteiger partial charge in [-0.25, -0.2) is 4.98 Å². The summed E-state index contributed by atoms with van der Waals surface area (Å²) in [7, 11) is -11.8. The molecule has 1 aliphatic rings. The number of nitrogens with one attached hydrogen (secondary N) is 1. The quantitative estimate of drug-likeness (QED) is 0.0992. The molecule has 10 rings (SSSR count). The number of nitrogens with zero attached hydrogens (tertiary/aromatic N) is 5. The molecule has 6 aromatic carbocycles. The van der Waals surface area contributed by atoms with E-state index in [4.69, 9.17) is 41.2 Å². The smallest absolute Gasteiger partial charge is 0.417 e. The van der Waals surface area contributed by atoms with Gasteiger partial charge in [0, 0.05) is 12.4 Å². The summed E-state index contributed by atoms with van der Waals surface area (Å²) in [6, 6.07) is 69.6. The van der Waals surface area contributed by atoms with Crippen molar-refractivity contribution in [2.24, 2.45) is 9.03 Å². The van der Waals surface area contributed by atoms with Gasteiger partial charge in [-0.1, -0.05) is 115 Å². The van der Waals surface area contributed by atoms with Crippen LogP contribution in [0.25, 0.3) is 33.9 Å². The van der Waals surface area contributed by atoms with Crippen LogP contribution < -0.4 is 32.0 Å². The maximum Gasteiger partial charge on any atom is 0.634 e. The zero-order chi connectivity index (χ0) is 44.5. The molecule has 1 N–H and O–H groups in total. The molecule has 66 heavy (non-hydrogen) atoms. The first-order valence-electron chi connectivity index (χ1n) is 20.8. The molecule has 15 heteroatoms. The molecule has 9 aromatic rings. The molecule has 0 fully saturated rings. The number of hydrogen-bond donors (Lipinski definition) is 1. The Morgan fingerprint density at radius 1 is 0.333 bits per heavy atom. The van der Waals surface area contributed by atoms with Crippen molar-refractivity contribution in [3.63, 3.8) is 0 Å². The molecule has 12 nitrogen and oxygen atoms in total. The van der Waals surface area contributed by atoms with Gasteiger partial charge in [0.05, 0.1) is 31.8 Å². The monoisotopic (exact) mass is 925 g/mol.